The summed E-state index contributed by atoms with van der Waals surface area (Å²) in [5.41, 5.74) is 1.21. The molecule has 0 radical (unpaired) electrons. The van der Waals surface area contributed by atoms with E-state index in [4.69, 9.17) is 0 Å². The lowest BCUT2D eigenvalue weighted by molar-refractivity contribution is 0.478. The summed E-state index contributed by atoms with van der Waals surface area (Å²) in [6.45, 7) is 6.35. The van der Waals surface area contributed by atoms with Crippen LogP contribution in [0.25, 0.3) is 0 Å². The fourth-order valence-corrected chi connectivity index (χ4v) is 1.11. The lowest BCUT2D eigenvalue weighted by Crippen LogP contribution is -2.44. The fourth-order valence-electron chi connectivity index (χ4n) is 1.11. The van der Waals surface area contributed by atoms with Crippen molar-refractivity contribution in [1.29, 1.82) is 0 Å². The number of hydrogen-bond donors (Lipinski definition) is 2. The van der Waals surface area contributed by atoms with Crippen LogP contribution < -0.4 is 10.6 Å². The third-order valence-corrected chi connectivity index (χ3v) is 1.55. The smallest absolute Gasteiger partial charge is 0.0963 e. The predicted octanol–water partition coefficient (Wildman–Crippen LogP) is 1.37. The standard InChI is InChI=1S/C9H16N2/c1-7(2)10-9-6-4-5-8(3)11-9/h4-7,9-11H,1-3H3. The zero-order valence-corrected chi connectivity index (χ0v) is 7.39. The zero-order valence-electron chi connectivity index (χ0n) is 7.39. The van der Waals surface area contributed by atoms with E-state index >= 15 is 0 Å². The quantitative estimate of drug-likeness (QED) is 0.624. The highest BCUT2D eigenvalue weighted by atomic mass is 15.1. The molecule has 2 heteroatoms. The summed E-state index contributed by atoms with van der Waals surface area (Å²) < 4.78 is 0. The molecule has 2 nitrogen and oxygen atoms in total. The molecule has 0 saturated heterocycles. The maximum Gasteiger partial charge on any atom is 0.0963 e. The van der Waals surface area contributed by atoms with Gasteiger partial charge in [-0.15, -0.1) is 0 Å². The minimum atomic E-state index is 0.306. The average molecular weight is 152 g/mol. The van der Waals surface area contributed by atoms with Crippen molar-refractivity contribution >= 4 is 0 Å². The van der Waals surface area contributed by atoms with Crippen LogP contribution in [0.3, 0.4) is 0 Å². The Morgan fingerprint density at radius 1 is 1.55 bits per heavy atom. The first-order chi connectivity index (χ1) is 5.18. The van der Waals surface area contributed by atoms with Crippen molar-refractivity contribution in [3.8, 4) is 0 Å². The molecule has 0 amide bonds. The highest BCUT2D eigenvalue weighted by molar-refractivity contribution is 5.17. The van der Waals surface area contributed by atoms with Crippen LogP contribution >= 0.6 is 0 Å². The van der Waals surface area contributed by atoms with E-state index in [1.807, 2.05) is 0 Å². The summed E-state index contributed by atoms with van der Waals surface area (Å²) in [5, 5.41) is 6.68. The summed E-state index contributed by atoms with van der Waals surface area (Å²) in [6.07, 6.45) is 6.57. The van der Waals surface area contributed by atoms with Crippen LogP contribution in [-0.2, 0) is 0 Å². The second kappa shape index (κ2) is 3.58. The monoisotopic (exact) mass is 152 g/mol. The van der Waals surface area contributed by atoms with E-state index in [2.05, 4.69) is 49.6 Å². The topological polar surface area (TPSA) is 24.1 Å². The first-order valence-corrected chi connectivity index (χ1v) is 4.06. The Labute approximate surface area is 68.4 Å². The molecule has 1 aliphatic rings. The molecule has 0 aliphatic carbocycles. The van der Waals surface area contributed by atoms with Gasteiger partial charge in [-0.3, -0.25) is 5.32 Å². The number of dihydropyridines is 1. The van der Waals surface area contributed by atoms with Crippen molar-refractivity contribution in [2.45, 2.75) is 33.0 Å². The summed E-state index contributed by atoms with van der Waals surface area (Å²) in [4.78, 5) is 0. The van der Waals surface area contributed by atoms with Crippen molar-refractivity contribution in [1.82, 2.24) is 10.6 Å². The van der Waals surface area contributed by atoms with E-state index in [0.717, 1.165) is 0 Å². The molecule has 1 heterocycles. The van der Waals surface area contributed by atoms with Gasteiger partial charge in [0.1, 0.15) is 0 Å². The van der Waals surface area contributed by atoms with E-state index in [1.165, 1.54) is 5.70 Å². The van der Waals surface area contributed by atoms with Crippen LogP contribution in [-0.4, -0.2) is 12.2 Å². The van der Waals surface area contributed by atoms with Crippen molar-refractivity contribution in [2.24, 2.45) is 0 Å². The molecule has 0 spiro atoms. The molecule has 2 N–H and O–H groups in total. The Balaban J connectivity index is 2.40. The van der Waals surface area contributed by atoms with E-state index in [0.29, 0.717) is 12.2 Å². The van der Waals surface area contributed by atoms with Crippen molar-refractivity contribution in [2.75, 3.05) is 0 Å². The summed E-state index contributed by atoms with van der Waals surface area (Å²) in [6, 6.07) is 0.517. The predicted molar refractivity (Wildman–Crippen MR) is 48.1 cm³/mol. The second-order valence-electron chi connectivity index (χ2n) is 3.18. The Bertz CT molecular complexity index is 180. The molecule has 11 heavy (non-hydrogen) atoms. The van der Waals surface area contributed by atoms with Gasteiger partial charge in [0.05, 0.1) is 6.17 Å². The van der Waals surface area contributed by atoms with Gasteiger partial charge in [-0.25, -0.2) is 0 Å². The van der Waals surface area contributed by atoms with Crippen LogP contribution in [0.1, 0.15) is 20.8 Å². The van der Waals surface area contributed by atoms with E-state index < -0.39 is 0 Å². The molecule has 1 atom stereocenters. The van der Waals surface area contributed by atoms with Gasteiger partial charge in [0.2, 0.25) is 0 Å². The number of rotatable bonds is 2. The lowest BCUT2D eigenvalue weighted by Gasteiger charge is -2.22. The highest BCUT2D eigenvalue weighted by Crippen LogP contribution is 1.99. The average Bonchev–Trinajstić information content (AvgIpc) is 1.85. The molecule has 0 aromatic carbocycles. The van der Waals surface area contributed by atoms with Crippen LogP contribution in [0.4, 0.5) is 0 Å². The van der Waals surface area contributed by atoms with E-state index in [-0.39, 0.29) is 0 Å². The maximum absolute atomic E-state index is 3.37. The normalized spacial score (nSPS) is 23.3. The third-order valence-electron chi connectivity index (χ3n) is 1.55. The molecule has 1 rings (SSSR count). The molecular weight excluding hydrogens is 136 g/mol. The molecule has 0 bridgehead atoms. The van der Waals surface area contributed by atoms with Crippen LogP contribution in [0.5, 0.6) is 0 Å². The fraction of sp³-hybridized carbons (Fsp3) is 0.556. The Morgan fingerprint density at radius 3 is 2.82 bits per heavy atom. The zero-order chi connectivity index (χ0) is 8.27. The second-order valence-corrected chi connectivity index (χ2v) is 3.18. The first kappa shape index (κ1) is 8.34. The van der Waals surface area contributed by atoms with Crippen LogP contribution in [0.2, 0.25) is 0 Å². The van der Waals surface area contributed by atoms with Crippen LogP contribution in [0.15, 0.2) is 23.9 Å². The number of hydrogen-bond acceptors (Lipinski definition) is 2. The van der Waals surface area contributed by atoms with Gasteiger partial charge in [0, 0.05) is 11.7 Å². The Kier molecular flexibility index (Phi) is 2.71. The lowest BCUT2D eigenvalue weighted by atomic mass is 10.2. The van der Waals surface area contributed by atoms with Gasteiger partial charge in [0.25, 0.3) is 0 Å². The summed E-state index contributed by atoms with van der Waals surface area (Å²) >= 11 is 0. The molecule has 0 aromatic heterocycles. The SMILES string of the molecule is CC1=CC=CC(NC(C)C)N1. The van der Waals surface area contributed by atoms with E-state index in [9.17, 15) is 0 Å². The molecule has 0 fully saturated rings. The third kappa shape index (κ3) is 2.76. The van der Waals surface area contributed by atoms with Gasteiger partial charge >= 0.3 is 0 Å². The summed E-state index contributed by atoms with van der Waals surface area (Å²) in [7, 11) is 0. The minimum Gasteiger partial charge on any atom is -0.370 e. The van der Waals surface area contributed by atoms with Crippen LogP contribution in [0, 0.1) is 0 Å². The number of allylic oxidation sites excluding steroid dienone is 3. The molecule has 62 valence electrons. The largest absolute Gasteiger partial charge is 0.370 e. The summed E-state index contributed by atoms with van der Waals surface area (Å²) in [5.74, 6) is 0. The number of nitrogens with one attached hydrogen (secondary N) is 2. The van der Waals surface area contributed by atoms with Crippen molar-refractivity contribution in [3.05, 3.63) is 23.9 Å². The Morgan fingerprint density at radius 2 is 2.27 bits per heavy atom. The van der Waals surface area contributed by atoms with Gasteiger partial charge < -0.3 is 5.32 Å². The molecular formula is C9H16N2. The van der Waals surface area contributed by atoms with Gasteiger partial charge in [0.15, 0.2) is 0 Å². The molecule has 1 aliphatic heterocycles. The van der Waals surface area contributed by atoms with Crippen molar-refractivity contribution in [3.63, 3.8) is 0 Å². The first-order valence-electron chi connectivity index (χ1n) is 4.06. The van der Waals surface area contributed by atoms with Gasteiger partial charge in [-0.1, -0.05) is 6.08 Å². The van der Waals surface area contributed by atoms with Crippen molar-refractivity contribution < 1.29 is 0 Å². The van der Waals surface area contributed by atoms with Gasteiger partial charge in [-0.05, 0) is 32.9 Å². The van der Waals surface area contributed by atoms with Gasteiger partial charge in [-0.2, -0.15) is 0 Å². The molecule has 0 aromatic rings. The molecule has 1 unspecified atom stereocenters. The van der Waals surface area contributed by atoms with E-state index in [1.54, 1.807) is 0 Å². The highest BCUT2D eigenvalue weighted by Gasteiger charge is 2.06. The Hall–Kier alpha value is -0.760. The molecule has 0 saturated carbocycles. The minimum absolute atomic E-state index is 0.306. The maximum atomic E-state index is 3.37.